The lowest BCUT2D eigenvalue weighted by Crippen LogP contribution is -2.37. The summed E-state index contributed by atoms with van der Waals surface area (Å²) in [7, 11) is 0. The summed E-state index contributed by atoms with van der Waals surface area (Å²) in [6.07, 6.45) is -0.544. The molecular formula is C18H13F4N3O3. The van der Waals surface area contributed by atoms with E-state index in [9.17, 15) is 32.3 Å². The average Bonchev–Trinajstić information content (AvgIpc) is 2.64. The molecule has 0 fully saturated rings. The Labute approximate surface area is 156 Å². The number of anilines is 2. The first-order chi connectivity index (χ1) is 13.2. The molecule has 2 aromatic carbocycles. The van der Waals surface area contributed by atoms with Crippen LogP contribution in [0.1, 0.15) is 18.4 Å². The second-order valence-corrected chi connectivity index (χ2v) is 6.04. The van der Waals surface area contributed by atoms with Crippen molar-refractivity contribution in [2.45, 2.75) is 19.8 Å². The topological polar surface area (TPSA) is 82.0 Å². The predicted molar refractivity (Wildman–Crippen MR) is 91.9 cm³/mol. The summed E-state index contributed by atoms with van der Waals surface area (Å²) in [4.78, 5) is 24.4. The maximum Gasteiger partial charge on any atom is 0.271 e. The summed E-state index contributed by atoms with van der Waals surface area (Å²) in [5.41, 5.74) is -0.869. The molecule has 0 aliphatic carbocycles. The number of aryl methyl sites for hydroxylation is 1. The fourth-order valence-corrected chi connectivity index (χ4v) is 2.58. The van der Waals surface area contributed by atoms with Gasteiger partial charge in [0, 0.05) is 18.9 Å². The fraction of sp³-hybridized carbons (Fsp3) is 0.167. The van der Waals surface area contributed by atoms with Crippen LogP contribution in [0.5, 0.6) is 5.75 Å². The normalized spacial score (nSPS) is 14.1. The third-order valence-electron chi connectivity index (χ3n) is 4.00. The molecule has 6 nitrogen and oxygen atoms in total. The number of halogens is 4. The van der Waals surface area contributed by atoms with Crippen LogP contribution in [0.15, 0.2) is 29.4 Å². The lowest BCUT2D eigenvalue weighted by atomic mass is 10.1. The highest BCUT2D eigenvalue weighted by Gasteiger charge is 2.32. The van der Waals surface area contributed by atoms with Crippen molar-refractivity contribution in [1.29, 1.82) is 0 Å². The summed E-state index contributed by atoms with van der Waals surface area (Å²) in [5.74, 6) is -9.06. The average molecular weight is 395 g/mol. The van der Waals surface area contributed by atoms with Crippen molar-refractivity contribution in [3.05, 3.63) is 53.1 Å². The van der Waals surface area contributed by atoms with Crippen molar-refractivity contribution >= 4 is 28.9 Å². The number of hydrogen-bond donors (Lipinski definition) is 2. The molecule has 2 aromatic rings. The van der Waals surface area contributed by atoms with Gasteiger partial charge in [-0.05, 0) is 24.6 Å². The van der Waals surface area contributed by atoms with E-state index in [0.717, 1.165) is 5.56 Å². The van der Waals surface area contributed by atoms with Crippen LogP contribution in [-0.4, -0.2) is 22.6 Å². The number of hydrogen-bond acceptors (Lipinski definition) is 4. The van der Waals surface area contributed by atoms with Gasteiger partial charge in [0.15, 0.2) is 23.3 Å². The summed E-state index contributed by atoms with van der Waals surface area (Å²) < 4.78 is 54.9. The molecule has 28 heavy (non-hydrogen) atoms. The molecule has 3 rings (SSSR count). The van der Waals surface area contributed by atoms with Gasteiger partial charge >= 0.3 is 0 Å². The van der Waals surface area contributed by atoms with Crippen LogP contribution < -0.4 is 10.3 Å². The van der Waals surface area contributed by atoms with Gasteiger partial charge in [-0.3, -0.25) is 9.59 Å². The predicted octanol–water partition coefficient (Wildman–Crippen LogP) is 3.38. The minimum absolute atomic E-state index is 0.0000906. The number of phenolic OH excluding ortho intramolecular Hbond substituents is 1. The van der Waals surface area contributed by atoms with E-state index in [0.29, 0.717) is 0 Å². The molecular weight excluding hydrogens is 382 g/mol. The number of carbonyl (C=O) groups is 2. The van der Waals surface area contributed by atoms with Crippen LogP contribution in [-0.2, 0) is 9.59 Å². The van der Waals surface area contributed by atoms with E-state index < -0.39 is 40.8 Å². The Morgan fingerprint density at radius 1 is 1.11 bits per heavy atom. The summed E-state index contributed by atoms with van der Waals surface area (Å²) in [6, 6.07) is 4.44. The molecule has 0 bridgehead atoms. The maximum absolute atomic E-state index is 14.0. The SMILES string of the molecule is Cc1ccc(NC(=O)C2=NN(c3c(F)c(F)cc(F)c3F)C(=O)CC2)c(O)c1. The molecule has 146 valence electrons. The Morgan fingerprint density at radius 2 is 1.75 bits per heavy atom. The Morgan fingerprint density at radius 3 is 2.36 bits per heavy atom. The summed E-state index contributed by atoms with van der Waals surface area (Å²) >= 11 is 0. The Bertz CT molecular complexity index is 997. The fourth-order valence-electron chi connectivity index (χ4n) is 2.58. The van der Waals surface area contributed by atoms with Crippen LogP contribution in [0, 0.1) is 30.2 Å². The molecule has 1 aliphatic rings. The molecule has 1 aliphatic heterocycles. The van der Waals surface area contributed by atoms with Crippen molar-refractivity contribution < 1.29 is 32.3 Å². The van der Waals surface area contributed by atoms with Gasteiger partial charge in [0.05, 0.1) is 5.69 Å². The number of amides is 2. The Kier molecular flexibility index (Phi) is 5.04. The van der Waals surface area contributed by atoms with E-state index in [1.165, 1.54) is 12.1 Å². The highest BCUT2D eigenvalue weighted by atomic mass is 19.2. The zero-order valence-electron chi connectivity index (χ0n) is 14.4. The third kappa shape index (κ3) is 3.53. The zero-order valence-corrected chi connectivity index (χ0v) is 14.4. The minimum Gasteiger partial charge on any atom is -0.506 e. The Balaban J connectivity index is 1.96. The van der Waals surface area contributed by atoms with E-state index in [2.05, 4.69) is 10.4 Å². The highest BCUT2D eigenvalue weighted by Crippen LogP contribution is 2.31. The molecule has 0 spiro atoms. The molecule has 0 unspecified atom stereocenters. The van der Waals surface area contributed by atoms with Gasteiger partial charge in [-0.15, -0.1) is 0 Å². The van der Waals surface area contributed by atoms with Crippen molar-refractivity contribution in [3.8, 4) is 5.75 Å². The Hall–Kier alpha value is -3.43. The first kappa shape index (κ1) is 19.3. The summed E-state index contributed by atoms with van der Waals surface area (Å²) in [6.45, 7) is 1.72. The third-order valence-corrected chi connectivity index (χ3v) is 4.00. The molecule has 0 saturated heterocycles. The second-order valence-electron chi connectivity index (χ2n) is 6.04. The van der Waals surface area contributed by atoms with E-state index >= 15 is 0 Å². The summed E-state index contributed by atoms with van der Waals surface area (Å²) in [5, 5.41) is 15.9. The number of nitrogens with one attached hydrogen (secondary N) is 1. The highest BCUT2D eigenvalue weighted by molar-refractivity contribution is 6.44. The number of carbonyl (C=O) groups excluding carboxylic acids is 2. The molecule has 0 saturated carbocycles. The van der Waals surface area contributed by atoms with Crippen LogP contribution in [0.2, 0.25) is 0 Å². The van der Waals surface area contributed by atoms with E-state index in [4.69, 9.17) is 0 Å². The quantitative estimate of drug-likeness (QED) is 0.475. The molecule has 2 amide bonds. The number of rotatable bonds is 3. The van der Waals surface area contributed by atoms with Crippen LogP contribution in [0.3, 0.4) is 0 Å². The van der Waals surface area contributed by atoms with Crippen LogP contribution >= 0.6 is 0 Å². The number of hydrazone groups is 1. The first-order valence-electron chi connectivity index (χ1n) is 8.03. The standard InChI is InChI=1S/C18H13F4N3O3/c1-8-2-3-11(13(26)6-8)23-18(28)12-4-5-14(27)25(24-12)17-15(21)9(19)7-10(20)16(17)22/h2-3,6-7,26H,4-5H2,1H3,(H,23,28). The van der Waals surface area contributed by atoms with Gasteiger partial charge < -0.3 is 10.4 Å². The molecule has 10 heteroatoms. The van der Waals surface area contributed by atoms with Gasteiger partial charge in [-0.2, -0.15) is 10.1 Å². The van der Waals surface area contributed by atoms with Gasteiger partial charge in [-0.25, -0.2) is 17.6 Å². The molecule has 1 heterocycles. The van der Waals surface area contributed by atoms with Crippen molar-refractivity contribution in [1.82, 2.24) is 0 Å². The van der Waals surface area contributed by atoms with E-state index in [1.54, 1.807) is 13.0 Å². The second kappa shape index (κ2) is 7.29. The van der Waals surface area contributed by atoms with Gasteiger partial charge in [0.25, 0.3) is 5.91 Å². The van der Waals surface area contributed by atoms with E-state index in [1.807, 2.05) is 0 Å². The minimum atomic E-state index is -1.81. The van der Waals surface area contributed by atoms with Gasteiger partial charge in [-0.1, -0.05) is 6.07 Å². The smallest absolute Gasteiger partial charge is 0.271 e. The van der Waals surface area contributed by atoms with Crippen molar-refractivity contribution in [2.24, 2.45) is 5.10 Å². The molecule has 0 atom stereocenters. The molecule has 0 aromatic heterocycles. The number of nitrogens with zero attached hydrogens (tertiary/aromatic N) is 2. The van der Waals surface area contributed by atoms with Crippen LogP contribution in [0.25, 0.3) is 0 Å². The van der Waals surface area contributed by atoms with Crippen LogP contribution in [0.4, 0.5) is 28.9 Å². The van der Waals surface area contributed by atoms with Crippen molar-refractivity contribution in [2.75, 3.05) is 10.3 Å². The van der Waals surface area contributed by atoms with Crippen molar-refractivity contribution in [3.63, 3.8) is 0 Å². The van der Waals surface area contributed by atoms with E-state index in [-0.39, 0.29) is 41.1 Å². The number of phenols is 1. The number of aromatic hydroxyl groups is 1. The zero-order chi connectivity index (χ0) is 20.6. The molecule has 0 radical (unpaired) electrons. The largest absolute Gasteiger partial charge is 0.506 e. The lowest BCUT2D eigenvalue weighted by molar-refractivity contribution is -0.118. The van der Waals surface area contributed by atoms with Gasteiger partial charge in [0.1, 0.15) is 17.1 Å². The first-order valence-corrected chi connectivity index (χ1v) is 8.03. The monoisotopic (exact) mass is 395 g/mol. The van der Waals surface area contributed by atoms with Gasteiger partial charge in [0.2, 0.25) is 5.91 Å². The molecule has 2 N–H and O–H groups in total. The maximum atomic E-state index is 14.0. The lowest BCUT2D eigenvalue weighted by Gasteiger charge is -2.24. The number of benzene rings is 2.